The Morgan fingerprint density at radius 1 is 1.44 bits per heavy atom. The quantitative estimate of drug-likeness (QED) is 0.685. The standard InChI is InChI=1S/C10H20N2O3S/c1-8(2)15-10(13)12(6-7-14-3)5-4-9(11)16/h8H,4-7H2,1-3H3,(H2,11,16). The lowest BCUT2D eigenvalue weighted by molar-refractivity contribution is 0.0674. The summed E-state index contributed by atoms with van der Waals surface area (Å²) in [5, 5.41) is 0. The molecule has 0 atom stereocenters. The second-order valence-electron chi connectivity index (χ2n) is 3.63. The van der Waals surface area contributed by atoms with Gasteiger partial charge in [-0.1, -0.05) is 12.2 Å². The molecule has 0 rings (SSSR count). The number of amides is 1. The van der Waals surface area contributed by atoms with E-state index in [0.717, 1.165) is 0 Å². The van der Waals surface area contributed by atoms with Gasteiger partial charge in [0.05, 0.1) is 17.7 Å². The number of carbonyl (C=O) groups is 1. The van der Waals surface area contributed by atoms with E-state index in [1.165, 1.54) is 0 Å². The van der Waals surface area contributed by atoms with Gasteiger partial charge in [0.25, 0.3) is 0 Å². The van der Waals surface area contributed by atoms with E-state index in [-0.39, 0.29) is 12.2 Å². The van der Waals surface area contributed by atoms with Crippen LogP contribution in [0.25, 0.3) is 0 Å². The number of nitrogens with two attached hydrogens (primary N) is 1. The van der Waals surface area contributed by atoms with Crippen LogP contribution in [0.4, 0.5) is 4.79 Å². The van der Waals surface area contributed by atoms with E-state index < -0.39 is 0 Å². The van der Waals surface area contributed by atoms with Gasteiger partial charge < -0.3 is 20.1 Å². The molecule has 0 aliphatic rings. The second kappa shape index (κ2) is 8.29. The minimum atomic E-state index is -0.358. The molecule has 94 valence electrons. The fourth-order valence-corrected chi connectivity index (χ4v) is 1.11. The Hall–Kier alpha value is -0.880. The van der Waals surface area contributed by atoms with Gasteiger partial charge in [-0.15, -0.1) is 0 Å². The number of rotatable bonds is 7. The van der Waals surface area contributed by atoms with Crippen molar-refractivity contribution in [2.45, 2.75) is 26.4 Å². The molecule has 0 radical (unpaired) electrons. The molecule has 16 heavy (non-hydrogen) atoms. The summed E-state index contributed by atoms with van der Waals surface area (Å²) in [6.45, 7) is 5.01. The van der Waals surface area contributed by atoms with Crippen molar-refractivity contribution in [3.05, 3.63) is 0 Å². The lowest BCUT2D eigenvalue weighted by Gasteiger charge is -2.22. The number of ether oxygens (including phenoxy) is 2. The summed E-state index contributed by atoms with van der Waals surface area (Å²) < 4.78 is 10.0. The zero-order chi connectivity index (χ0) is 12.6. The largest absolute Gasteiger partial charge is 0.447 e. The zero-order valence-electron chi connectivity index (χ0n) is 10.1. The van der Waals surface area contributed by atoms with Crippen LogP contribution in [0.2, 0.25) is 0 Å². The van der Waals surface area contributed by atoms with Crippen molar-refractivity contribution in [2.75, 3.05) is 26.8 Å². The molecule has 0 bridgehead atoms. The van der Waals surface area contributed by atoms with Crippen molar-refractivity contribution in [2.24, 2.45) is 5.73 Å². The topological polar surface area (TPSA) is 64.8 Å². The fraction of sp³-hybridized carbons (Fsp3) is 0.800. The first-order chi connectivity index (χ1) is 7.47. The molecule has 0 aromatic carbocycles. The van der Waals surface area contributed by atoms with Gasteiger partial charge in [0, 0.05) is 26.6 Å². The summed E-state index contributed by atoms with van der Waals surface area (Å²) in [5.41, 5.74) is 5.39. The Labute approximate surface area is 102 Å². The number of hydrogen-bond acceptors (Lipinski definition) is 4. The highest BCUT2D eigenvalue weighted by Crippen LogP contribution is 2.00. The molecule has 0 saturated heterocycles. The molecule has 0 aromatic rings. The summed E-state index contributed by atoms with van der Waals surface area (Å²) in [4.78, 5) is 13.6. The van der Waals surface area contributed by atoms with Crippen molar-refractivity contribution in [1.82, 2.24) is 4.90 Å². The van der Waals surface area contributed by atoms with E-state index in [9.17, 15) is 4.79 Å². The van der Waals surface area contributed by atoms with Gasteiger partial charge in [-0.05, 0) is 13.8 Å². The van der Waals surface area contributed by atoms with E-state index >= 15 is 0 Å². The highest BCUT2D eigenvalue weighted by atomic mass is 32.1. The van der Waals surface area contributed by atoms with E-state index in [1.807, 2.05) is 0 Å². The SMILES string of the molecule is COCCN(CCC(N)=S)C(=O)OC(C)C. The molecule has 0 heterocycles. The maximum Gasteiger partial charge on any atom is 0.410 e. The highest BCUT2D eigenvalue weighted by molar-refractivity contribution is 7.80. The molecule has 0 unspecified atom stereocenters. The van der Waals surface area contributed by atoms with Crippen molar-refractivity contribution in [1.29, 1.82) is 0 Å². The van der Waals surface area contributed by atoms with Crippen molar-refractivity contribution in [3.8, 4) is 0 Å². The molecule has 0 aromatic heterocycles. The lowest BCUT2D eigenvalue weighted by Crippen LogP contribution is -2.37. The van der Waals surface area contributed by atoms with Crippen LogP contribution in [0.15, 0.2) is 0 Å². The van der Waals surface area contributed by atoms with Crippen LogP contribution in [0.3, 0.4) is 0 Å². The Balaban J connectivity index is 4.17. The predicted molar refractivity (Wildman–Crippen MR) is 66.5 cm³/mol. The maximum atomic E-state index is 11.6. The monoisotopic (exact) mass is 248 g/mol. The molecule has 0 aliphatic carbocycles. The molecular weight excluding hydrogens is 228 g/mol. The fourth-order valence-electron chi connectivity index (χ4n) is 1.02. The van der Waals surface area contributed by atoms with Crippen LogP contribution in [-0.2, 0) is 9.47 Å². The van der Waals surface area contributed by atoms with Gasteiger partial charge in [0.15, 0.2) is 0 Å². The first-order valence-corrected chi connectivity index (χ1v) is 5.61. The van der Waals surface area contributed by atoms with Gasteiger partial charge in [0.1, 0.15) is 0 Å². The van der Waals surface area contributed by atoms with Crippen LogP contribution in [0.5, 0.6) is 0 Å². The van der Waals surface area contributed by atoms with Crippen LogP contribution >= 0.6 is 12.2 Å². The van der Waals surface area contributed by atoms with Crippen LogP contribution in [0, 0.1) is 0 Å². The van der Waals surface area contributed by atoms with Gasteiger partial charge in [-0.3, -0.25) is 0 Å². The van der Waals surface area contributed by atoms with E-state index in [1.54, 1.807) is 25.9 Å². The normalized spacial score (nSPS) is 10.2. The summed E-state index contributed by atoms with van der Waals surface area (Å²) in [7, 11) is 1.58. The van der Waals surface area contributed by atoms with E-state index in [4.69, 9.17) is 27.4 Å². The summed E-state index contributed by atoms with van der Waals surface area (Å²) in [5.74, 6) is 0. The molecule has 0 aliphatic heterocycles. The minimum Gasteiger partial charge on any atom is -0.447 e. The first kappa shape index (κ1) is 15.1. The number of methoxy groups -OCH3 is 1. The third-order valence-corrected chi connectivity index (χ3v) is 1.99. The predicted octanol–water partition coefficient (Wildman–Crippen LogP) is 1.16. The molecule has 5 nitrogen and oxygen atoms in total. The molecule has 2 N–H and O–H groups in total. The first-order valence-electron chi connectivity index (χ1n) is 5.20. The molecule has 6 heteroatoms. The minimum absolute atomic E-state index is 0.137. The van der Waals surface area contributed by atoms with Crippen molar-refractivity contribution >= 4 is 23.3 Å². The van der Waals surface area contributed by atoms with Crippen molar-refractivity contribution < 1.29 is 14.3 Å². The average Bonchev–Trinajstić information content (AvgIpc) is 2.16. The summed E-state index contributed by atoms with van der Waals surface area (Å²) in [6.07, 6.45) is -0.00244. The van der Waals surface area contributed by atoms with Gasteiger partial charge in [-0.2, -0.15) is 0 Å². The second-order valence-corrected chi connectivity index (χ2v) is 4.15. The highest BCUT2D eigenvalue weighted by Gasteiger charge is 2.15. The molecule has 1 amide bonds. The van der Waals surface area contributed by atoms with Crippen LogP contribution < -0.4 is 5.73 Å². The third-order valence-electron chi connectivity index (χ3n) is 1.79. The lowest BCUT2D eigenvalue weighted by atomic mass is 10.4. The smallest absolute Gasteiger partial charge is 0.410 e. The Morgan fingerprint density at radius 2 is 2.06 bits per heavy atom. The van der Waals surface area contributed by atoms with Gasteiger partial charge >= 0.3 is 6.09 Å². The average molecular weight is 248 g/mol. The summed E-state index contributed by atoms with van der Waals surface area (Å²) in [6, 6.07) is 0. The summed E-state index contributed by atoms with van der Waals surface area (Å²) >= 11 is 4.77. The number of carbonyl (C=O) groups excluding carboxylic acids is 1. The molecule has 0 spiro atoms. The number of hydrogen-bond donors (Lipinski definition) is 1. The molecule has 0 saturated carbocycles. The number of thiocarbonyl (C=S) groups is 1. The van der Waals surface area contributed by atoms with Gasteiger partial charge in [-0.25, -0.2) is 4.79 Å². The molecular formula is C10H20N2O3S. The maximum absolute atomic E-state index is 11.6. The van der Waals surface area contributed by atoms with Crippen molar-refractivity contribution in [3.63, 3.8) is 0 Å². The van der Waals surface area contributed by atoms with Crippen LogP contribution in [0.1, 0.15) is 20.3 Å². The Bertz CT molecular complexity index is 234. The third kappa shape index (κ3) is 7.42. The molecule has 0 fully saturated rings. The van der Waals surface area contributed by atoms with Gasteiger partial charge in [0.2, 0.25) is 0 Å². The Morgan fingerprint density at radius 3 is 2.50 bits per heavy atom. The Kier molecular flexibility index (Phi) is 7.84. The zero-order valence-corrected chi connectivity index (χ0v) is 10.9. The van der Waals surface area contributed by atoms with E-state index in [0.29, 0.717) is 31.1 Å². The van der Waals surface area contributed by atoms with E-state index in [2.05, 4.69) is 0 Å². The van der Waals surface area contributed by atoms with Crippen LogP contribution in [-0.4, -0.2) is 48.9 Å². The number of nitrogens with zero attached hydrogens (tertiary/aromatic N) is 1.